The molecule has 110 valence electrons. The number of aliphatic carboxylic acids is 1. The first-order chi connectivity index (χ1) is 9.45. The molecule has 0 heterocycles. The highest BCUT2D eigenvalue weighted by Gasteiger charge is 2.21. The second kappa shape index (κ2) is 7.72. The number of rotatable bonds is 7. The van der Waals surface area contributed by atoms with Crippen LogP contribution in [-0.4, -0.2) is 41.8 Å². The molecule has 6 nitrogen and oxygen atoms in total. The Bertz CT molecular complexity index is 492. The molecule has 0 aliphatic carbocycles. The number of carboxylic acids is 1. The second-order valence-corrected chi connectivity index (χ2v) is 4.60. The van der Waals surface area contributed by atoms with Gasteiger partial charge in [-0.25, -0.2) is 4.79 Å². The van der Waals surface area contributed by atoms with Crippen molar-refractivity contribution < 1.29 is 24.5 Å². The highest BCUT2D eigenvalue weighted by atomic mass is 35.5. The van der Waals surface area contributed by atoms with Gasteiger partial charge < -0.3 is 20.3 Å². The largest absolute Gasteiger partial charge is 0.507 e. The van der Waals surface area contributed by atoms with Gasteiger partial charge in [0, 0.05) is 18.7 Å². The Morgan fingerprint density at radius 3 is 2.75 bits per heavy atom. The zero-order chi connectivity index (χ0) is 15.1. The number of phenolic OH excluding ortho intramolecular Hbond substituents is 1. The molecule has 7 heteroatoms. The van der Waals surface area contributed by atoms with E-state index >= 15 is 0 Å². The number of phenols is 1. The van der Waals surface area contributed by atoms with E-state index in [1.807, 2.05) is 0 Å². The molecule has 0 aromatic heterocycles. The van der Waals surface area contributed by atoms with E-state index in [0.717, 1.165) is 0 Å². The van der Waals surface area contributed by atoms with Gasteiger partial charge in [-0.15, -0.1) is 0 Å². The summed E-state index contributed by atoms with van der Waals surface area (Å²) in [5, 5.41) is 21.3. The standard InChI is InChI=1S/C13H16ClNO5/c1-20-6-2-3-10(13(18)19)15-12(17)9-7-8(14)4-5-11(9)16/h4-5,7,10,16H,2-3,6H2,1H3,(H,15,17)(H,18,19). The van der Waals surface area contributed by atoms with Gasteiger partial charge in [0.2, 0.25) is 0 Å². The molecule has 20 heavy (non-hydrogen) atoms. The topological polar surface area (TPSA) is 95.9 Å². The summed E-state index contributed by atoms with van der Waals surface area (Å²) in [6, 6.07) is 2.94. The fourth-order valence-corrected chi connectivity index (χ4v) is 1.79. The highest BCUT2D eigenvalue weighted by molar-refractivity contribution is 6.31. The molecule has 0 radical (unpaired) electrons. The van der Waals surface area contributed by atoms with Crippen molar-refractivity contribution in [2.75, 3.05) is 13.7 Å². The van der Waals surface area contributed by atoms with Crippen LogP contribution >= 0.6 is 11.6 Å². The summed E-state index contributed by atoms with van der Waals surface area (Å²) in [5.74, 6) is -2.08. The van der Waals surface area contributed by atoms with Gasteiger partial charge in [-0.2, -0.15) is 0 Å². The number of methoxy groups -OCH3 is 1. The first-order valence-corrected chi connectivity index (χ1v) is 6.34. The Balaban J connectivity index is 2.75. The van der Waals surface area contributed by atoms with Crippen LogP contribution < -0.4 is 5.32 Å². The zero-order valence-electron chi connectivity index (χ0n) is 10.9. The van der Waals surface area contributed by atoms with Crippen LogP contribution in [0.1, 0.15) is 23.2 Å². The third kappa shape index (κ3) is 4.71. The Hall–Kier alpha value is -1.79. The first-order valence-electron chi connectivity index (χ1n) is 5.96. The molecule has 1 aromatic carbocycles. The van der Waals surface area contributed by atoms with Gasteiger partial charge in [-0.3, -0.25) is 4.79 Å². The van der Waals surface area contributed by atoms with E-state index in [1.165, 1.54) is 25.3 Å². The summed E-state index contributed by atoms with van der Waals surface area (Å²) in [6.45, 7) is 0.405. The van der Waals surface area contributed by atoms with E-state index in [2.05, 4.69) is 5.32 Å². The molecular formula is C13H16ClNO5. The minimum Gasteiger partial charge on any atom is -0.507 e. The lowest BCUT2D eigenvalue weighted by molar-refractivity contribution is -0.139. The molecule has 0 spiro atoms. The van der Waals surface area contributed by atoms with E-state index in [4.69, 9.17) is 21.4 Å². The maximum atomic E-state index is 11.9. The van der Waals surface area contributed by atoms with Gasteiger partial charge in [-0.05, 0) is 31.0 Å². The number of halogens is 1. The smallest absolute Gasteiger partial charge is 0.326 e. The number of hydrogen-bond donors (Lipinski definition) is 3. The van der Waals surface area contributed by atoms with E-state index in [0.29, 0.717) is 13.0 Å². The summed E-state index contributed by atoms with van der Waals surface area (Å²) in [5.41, 5.74) is -0.0597. The Morgan fingerprint density at radius 2 is 2.15 bits per heavy atom. The van der Waals surface area contributed by atoms with Crippen LogP contribution in [-0.2, 0) is 9.53 Å². The van der Waals surface area contributed by atoms with E-state index in [9.17, 15) is 14.7 Å². The number of carbonyl (C=O) groups excluding carboxylic acids is 1. The fraction of sp³-hybridized carbons (Fsp3) is 0.385. The van der Waals surface area contributed by atoms with Gasteiger partial charge in [0.15, 0.2) is 0 Å². The number of amides is 1. The highest BCUT2D eigenvalue weighted by Crippen LogP contribution is 2.21. The van der Waals surface area contributed by atoms with Crippen LogP contribution in [0.5, 0.6) is 5.75 Å². The summed E-state index contributed by atoms with van der Waals surface area (Å²) in [6.07, 6.45) is 0.728. The Labute approximate surface area is 121 Å². The minimum atomic E-state index is -1.14. The number of carbonyl (C=O) groups is 2. The van der Waals surface area contributed by atoms with Crippen LogP contribution in [0.3, 0.4) is 0 Å². The van der Waals surface area contributed by atoms with E-state index in [-0.39, 0.29) is 22.8 Å². The third-order valence-electron chi connectivity index (χ3n) is 2.65. The molecule has 0 fully saturated rings. The molecule has 0 saturated carbocycles. The van der Waals surface area contributed by atoms with Crippen molar-refractivity contribution in [3.63, 3.8) is 0 Å². The van der Waals surface area contributed by atoms with E-state index in [1.54, 1.807) is 0 Å². The van der Waals surface area contributed by atoms with Gasteiger partial charge >= 0.3 is 5.97 Å². The fourth-order valence-electron chi connectivity index (χ4n) is 1.62. The van der Waals surface area contributed by atoms with Crippen molar-refractivity contribution in [1.29, 1.82) is 0 Å². The Kier molecular flexibility index (Phi) is 6.27. The van der Waals surface area contributed by atoms with Crippen molar-refractivity contribution in [2.24, 2.45) is 0 Å². The van der Waals surface area contributed by atoms with Crippen LogP contribution in [0.2, 0.25) is 5.02 Å². The molecule has 1 amide bonds. The lowest BCUT2D eigenvalue weighted by Crippen LogP contribution is -2.40. The monoisotopic (exact) mass is 301 g/mol. The van der Waals surface area contributed by atoms with Gasteiger partial charge in [0.05, 0.1) is 5.56 Å². The summed E-state index contributed by atoms with van der Waals surface area (Å²) >= 11 is 5.74. The number of carboxylic acid groups (broad SMARTS) is 1. The van der Waals surface area contributed by atoms with Crippen LogP contribution in [0.25, 0.3) is 0 Å². The zero-order valence-corrected chi connectivity index (χ0v) is 11.7. The van der Waals surface area contributed by atoms with Crippen molar-refractivity contribution in [1.82, 2.24) is 5.32 Å². The predicted molar refractivity (Wildman–Crippen MR) is 73.1 cm³/mol. The maximum Gasteiger partial charge on any atom is 0.326 e. The molecular weight excluding hydrogens is 286 g/mol. The summed E-state index contributed by atoms with van der Waals surface area (Å²) in [7, 11) is 1.51. The molecule has 1 unspecified atom stereocenters. The number of nitrogens with one attached hydrogen (secondary N) is 1. The van der Waals surface area contributed by atoms with Crippen LogP contribution in [0.15, 0.2) is 18.2 Å². The van der Waals surface area contributed by atoms with Crippen molar-refractivity contribution in [3.05, 3.63) is 28.8 Å². The molecule has 3 N–H and O–H groups in total. The minimum absolute atomic E-state index is 0.0597. The van der Waals surface area contributed by atoms with Crippen molar-refractivity contribution >= 4 is 23.5 Å². The maximum absolute atomic E-state index is 11.9. The molecule has 1 atom stereocenters. The Morgan fingerprint density at radius 1 is 1.45 bits per heavy atom. The number of aromatic hydroxyl groups is 1. The lowest BCUT2D eigenvalue weighted by Gasteiger charge is -2.15. The number of hydrogen-bond acceptors (Lipinski definition) is 4. The first kappa shape index (κ1) is 16.3. The summed E-state index contributed by atoms with van der Waals surface area (Å²) in [4.78, 5) is 23.0. The molecule has 1 aromatic rings. The molecule has 0 saturated heterocycles. The molecule has 0 aliphatic heterocycles. The number of ether oxygens (including phenoxy) is 1. The SMILES string of the molecule is COCCCC(NC(=O)c1cc(Cl)ccc1O)C(=O)O. The molecule has 0 aliphatic rings. The lowest BCUT2D eigenvalue weighted by atomic mass is 10.1. The predicted octanol–water partition coefficient (Wildman–Crippen LogP) is 1.66. The van der Waals surface area contributed by atoms with Crippen LogP contribution in [0, 0.1) is 0 Å². The number of benzene rings is 1. The van der Waals surface area contributed by atoms with Gasteiger partial charge in [-0.1, -0.05) is 11.6 Å². The average molecular weight is 302 g/mol. The molecule has 0 bridgehead atoms. The van der Waals surface area contributed by atoms with Gasteiger partial charge in [0.1, 0.15) is 11.8 Å². The normalized spacial score (nSPS) is 11.9. The third-order valence-corrected chi connectivity index (χ3v) is 2.88. The quantitative estimate of drug-likeness (QED) is 0.666. The summed E-state index contributed by atoms with van der Waals surface area (Å²) < 4.78 is 4.83. The van der Waals surface area contributed by atoms with Crippen molar-refractivity contribution in [2.45, 2.75) is 18.9 Å². The van der Waals surface area contributed by atoms with E-state index < -0.39 is 17.9 Å². The second-order valence-electron chi connectivity index (χ2n) is 4.16. The van der Waals surface area contributed by atoms with Crippen LogP contribution in [0.4, 0.5) is 0 Å². The average Bonchev–Trinajstić information content (AvgIpc) is 2.40. The van der Waals surface area contributed by atoms with Crippen molar-refractivity contribution in [3.8, 4) is 5.75 Å². The van der Waals surface area contributed by atoms with Gasteiger partial charge in [0.25, 0.3) is 5.91 Å². The molecule has 1 rings (SSSR count).